The van der Waals surface area contributed by atoms with E-state index < -0.39 is 67.7 Å². The summed E-state index contributed by atoms with van der Waals surface area (Å²) in [6, 6.07) is 12.6. The molecule has 2 aromatic rings. The van der Waals surface area contributed by atoms with Crippen molar-refractivity contribution in [3.8, 4) is 5.75 Å². The van der Waals surface area contributed by atoms with Gasteiger partial charge in [-0.3, -0.25) is 33.8 Å². The van der Waals surface area contributed by atoms with Crippen LogP contribution in [-0.2, 0) is 30.6 Å². The lowest BCUT2D eigenvalue weighted by atomic mass is 10.1. The summed E-state index contributed by atoms with van der Waals surface area (Å²) < 4.78 is 5.77. The molecule has 0 aromatic heterocycles. The predicted octanol–water partition coefficient (Wildman–Crippen LogP) is -2.17. The van der Waals surface area contributed by atoms with E-state index >= 15 is 0 Å². The van der Waals surface area contributed by atoms with Crippen molar-refractivity contribution in [3.63, 3.8) is 0 Å². The number of guanidine groups is 1. The first-order valence-corrected chi connectivity index (χ1v) is 13.7. The zero-order valence-electron chi connectivity index (χ0n) is 23.8. The average molecular weight is 610 g/mol. The van der Waals surface area contributed by atoms with Crippen LogP contribution in [0.1, 0.15) is 28.8 Å². The van der Waals surface area contributed by atoms with Gasteiger partial charge in [-0.2, -0.15) is 0 Å². The summed E-state index contributed by atoms with van der Waals surface area (Å²) in [6.45, 7) is -1.57. The SMILES string of the molecule is NC(N)=NCCC[C@@H]1NC(=O)CNC(=O)CNC(=O)CNC(=O)CNC(=O)c2cc(COc3ccccc3)ccc2NC1=O. The second kappa shape index (κ2) is 16.7. The van der Waals surface area contributed by atoms with Crippen molar-refractivity contribution in [2.75, 3.05) is 38.0 Å². The van der Waals surface area contributed by atoms with Gasteiger partial charge in [-0.15, -0.1) is 0 Å². The smallest absolute Gasteiger partial charge is 0.253 e. The maximum absolute atomic E-state index is 13.4. The van der Waals surface area contributed by atoms with Crippen LogP contribution in [0.15, 0.2) is 53.5 Å². The van der Waals surface area contributed by atoms with Gasteiger partial charge in [0.05, 0.1) is 37.4 Å². The van der Waals surface area contributed by atoms with E-state index in [9.17, 15) is 28.8 Å². The number of carbonyl (C=O) groups excluding carboxylic acids is 6. The number of nitrogens with one attached hydrogen (secondary N) is 6. The van der Waals surface area contributed by atoms with Crippen LogP contribution >= 0.6 is 0 Å². The molecular formula is C28H35N9O7. The number of rotatable bonds is 7. The van der Waals surface area contributed by atoms with E-state index in [0.29, 0.717) is 17.7 Å². The molecule has 1 aliphatic heterocycles. The molecule has 0 saturated carbocycles. The lowest BCUT2D eigenvalue weighted by Gasteiger charge is -2.20. The van der Waals surface area contributed by atoms with Crippen molar-refractivity contribution in [2.45, 2.75) is 25.5 Å². The fraction of sp³-hybridized carbons (Fsp3) is 0.321. The quantitative estimate of drug-likeness (QED) is 0.0965. The predicted molar refractivity (Wildman–Crippen MR) is 159 cm³/mol. The van der Waals surface area contributed by atoms with E-state index in [2.05, 4.69) is 36.9 Å². The molecule has 0 spiro atoms. The minimum Gasteiger partial charge on any atom is -0.489 e. The molecule has 1 atom stereocenters. The molecule has 6 amide bonds. The molecule has 1 heterocycles. The first-order valence-electron chi connectivity index (χ1n) is 13.7. The van der Waals surface area contributed by atoms with Gasteiger partial charge in [-0.25, -0.2) is 0 Å². The molecule has 1 aliphatic rings. The van der Waals surface area contributed by atoms with Crippen LogP contribution in [0.25, 0.3) is 0 Å². The maximum atomic E-state index is 13.4. The molecule has 0 radical (unpaired) electrons. The van der Waals surface area contributed by atoms with Gasteiger partial charge in [0, 0.05) is 6.54 Å². The Morgan fingerprint density at radius 1 is 0.795 bits per heavy atom. The number of benzene rings is 2. The van der Waals surface area contributed by atoms with Crippen LogP contribution in [0.4, 0.5) is 5.69 Å². The van der Waals surface area contributed by atoms with Gasteiger partial charge in [0.15, 0.2) is 5.96 Å². The summed E-state index contributed by atoms with van der Waals surface area (Å²) in [6.07, 6.45) is 0.427. The fourth-order valence-electron chi connectivity index (χ4n) is 3.88. The third kappa shape index (κ3) is 11.3. The Bertz CT molecular complexity index is 1400. The zero-order chi connectivity index (χ0) is 31.9. The number of fused-ring (bicyclic) bond motifs is 1. The minimum atomic E-state index is -1.10. The Labute approximate surface area is 252 Å². The number of ether oxygens (including phenoxy) is 1. The van der Waals surface area contributed by atoms with E-state index in [1.54, 1.807) is 18.2 Å². The second-order valence-electron chi connectivity index (χ2n) is 9.55. The fourth-order valence-corrected chi connectivity index (χ4v) is 3.88. The van der Waals surface area contributed by atoms with Crippen molar-refractivity contribution in [3.05, 3.63) is 59.7 Å². The van der Waals surface area contributed by atoms with Crippen LogP contribution in [0.2, 0.25) is 0 Å². The lowest BCUT2D eigenvalue weighted by molar-refractivity contribution is -0.129. The van der Waals surface area contributed by atoms with Gasteiger partial charge in [0.25, 0.3) is 5.91 Å². The Balaban J connectivity index is 1.87. The average Bonchev–Trinajstić information content (AvgIpc) is 3.01. The number of anilines is 1. The van der Waals surface area contributed by atoms with E-state index in [4.69, 9.17) is 16.2 Å². The molecule has 3 rings (SSSR count). The molecule has 0 aliphatic carbocycles. The molecule has 44 heavy (non-hydrogen) atoms. The van der Waals surface area contributed by atoms with E-state index in [0.717, 1.165) is 0 Å². The third-order valence-corrected chi connectivity index (χ3v) is 6.08. The van der Waals surface area contributed by atoms with Gasteiger partial charge in [0.1, 0.15) is 18.4 Å². The molecular weight excluding hydrogens is 574 g/mol. The molecule has 0 unspecified atom stereocenters. The van der Waals surface area contributed by atoms with Gasteiger partial charge in [-0.05, 0) is 42.7 Å². The van der Waals surface area contributed by atoms with Gasteiger partial charge >= 0.3 is 0 Å². The van der Waals surface area contributed by atoms with Crippen molar-refractivity contribution in [2.24, 2.45) is 16.5 Å². The summed E-state index contributed by atoms with van der Waals surface area (Å²) in [4.78, 5) is 79.4. The Kier molecular flexibility index (Phi) is 12.5. The number of nitrogens with zero attached hydrogens (tertiary/aromatic N) is 1. The highest BCUT2D eigenvalue weighted by atomic mass is 16.5. The maximum Gasteiger partial charge on any atom is 0.253 e. The number of hydrogen-bond acceptors (Lipinski definition) is 8. The molecule has 16 nitrogen and oxygen atoms in total. The molecule has 234 valence electrons. The number of amides is 6. The van der Waals surface area contributed by atoms with Crippen LogP contribution in [0.3, 0.4) is 0 Å². The first kappa shape index (κ1) is 32.8. The van der Waals surface area contributed by atoms with E-state index in [1.807, 2.05) is 18.2 Å². The number of para-hydroxylation sites is 1. The molecule has 0 bridgehead atoms. The highest BCUT2D eigenvalue weighted by Gasteiger charge is 2.24. The second-order valence-corrected chi connectivity index (χ2v) is 9.55. The molecule has 16 heteroatoms. The largest absolute Gasteiger partial charge is 0.489 e. The van der Waals surface area contributed by atoms with Crippen LogP contribution < -0.4 is 48.1 Å². The molecule has 0 saturated heterocycles. The molecule has 0 fully saturated rings. The van der Waals surface area contributed by atoms with Crippen molar-refractivity contribution < 1.29 is 33.5 Å². The van der Waals surface area contributed by atoms with Crippen molar-refractivity contribution in [1.29, 1.82) is 0 Å². The van der Waals surface area contributed by atoms with Gasteiger partial charge in [-0.1, -0.05) is 24.3 Å². The molecule has 10 N–H and O–H groups in total. The standard InChI is InChI=1S/C28H35N9O7/c29-28(30)31-10-4-7-21-27(43)37-20-9-8-17(16-44-18-5-2-1-3-6-18)11-19(20)26(42)35-14-24(40)33-12-22(38)32-13-23(39)34-15-25(41)36-21/h1-3,5-6,8-9,11,21H,4,7,10,12-16H2,(H,32,38)(H,33,40)(H,34,39)(H,35,42)(H,36,41)(H,37,43)(H4,29,30,31)/t21-/m0/s1. The Hall–Kier alpha value is -5.67. The minimum absolute atomic E-state index is 0.0221. The Morgan fingerprint density at radius 2 is 1.41 bits per heavy atom. The normalized spacial score (nSPS) is 17.0. The zero-order valence-corrected chi connectivity index (χ0v) is 23.8. The number of nitrogens with two attached hydrogens (primary N) is 2. The lowest BCUT2D eigenvalue weighted by Crippen LogP contribution is -2.49. The van der Waals surface area contributed by atoms with Gasteiger partial charge in [0.2, 0.25) is 29.5 Å². The van der Waals surface area contributed by atoms with E-state index in [1.165, 1.54) is 12.1 Å². The van der Waals surface area contributed by atoms with Crippen molar-refractivity contribution in [1.82, 2.24) is 26.6 Å². The monoisotopic (exact) mass is 609 g/mol. The highest BCUT2D eigenvalue weighted by Crippen LogP contribution is 2.20. The summed E-state index contributed by atoms with van der Waals surface area (Å²) in [5.41, 5.74) is 11.4. The van der Waals surface area contributed by atoms with Crippen molar-refractivity contribution >= 4 is 47.1 Å². The third-order valence-electron chi connectivity index (χ3n) is 6.08. The van der Waals surface area contributed by atoms with Crippen LogP contribution in [0, 0.1) is 0 Å². The molecule has 2 aromatic carbocycles. The Morgan fingerprint density at radius 3 is 2.05 bits per heavy atom. The van der Waals surface area contributed by atoms with E-state index in [-0.39, 0.29) is 36.8 Å². The summed E-state index contributed by atoms with van der Waals surface area (Å²) in [5.74, 6) is -3.54. The summed E-state index contributed by atoms with van der Waals surface area (Å²) >= 11 is 0. The highest BCUT2D eigenvalue weighted by molar-refractivity contribution is 6.06. The number of aliphatic imine (C=N–C) groups is 1. The number of hydrogen-bond donors (Lipinski definition) is 8. The summed E-state index contributed by atoms with van der Waals surface area (Å²) in [7, 11) is 0. The topological polar surface area (TPSA) is 248 Å². The first-order chi connectivity index (χ1) is 21.1. The van der Waals surface area contributed by atoms with Crippen LogP contribution in [0.5, 0.6) is 5.75 Å². The summed E-state index contributed by atoms with van der Waals surface area (Å²) in [5, 5.41) is 14.7. The number of carbonyl (C=O) groups is 6. The van der Waals surface area contributed by atoms with Crippen LogP contribution in [-0.4, -0.2) is 80.2 Å². The van der Waals surface area contributed by atoms with Gasteiger partial charge < -0.3 is 48.1 Å².